The molecular formula is C10H10O2. The highest BCUT2D eigenvalue weighted by Crippen LogP contribution is 2.47. The first-order valence-electron chi connectivity index (χ1n) is 3.95. The Balaban J connectivity index is 2.21. The lowest BCUT2D eigenvalue weighted by molar-refractivity contribution is -0.111. The van der Waals surface area contributed by atoms with Gasteiger partial charge in [0, 0.05) is 0 Å². The number of rotatable bonds is 2. The van der Waals surface area contributed by atoms with Crippen molar-refractivity contribution in [1.29, 1.82) is 0 Å². The van der Waals surface area contributed by atoms with E-state index in [-0.39, 0.29) is 6.10 Å². The zero-order chi connectivity index (χ0) is 8.60. The van der Waals surface area contributed by atoms with Crippen LogP contribution in [0.25, 0.3) is 0 Å². The zero-order valence-corrected chi connectivity index (χ0v) is 6.86. The molecule has 1 saturated heterocycles. The molecule has 0 radical (unpaired) electrons. The summed E-state index contributed by atoms with van der Waals surface area (Å²) in [5, 5.41) is 0. The van der Waals surface area contributed by atoms with Gasteiger partial charge in [-0.25, -0.2) is 0 Å². The first-order valence-corrected chi connectivity index (χ1v) is 3.95. The average Bonchev–Trinajstić information content (AvgIpc) is 2.81. The predicted molar refractivity (Wildman–Crippen MR) is 44.7 cm³/mol. The van der Waals surface area contributed by atoms with Crippen LogP contribution >= 0.6 is 0 Å². The maximum atomic E-state index is 10.5. The van der Waals surface area contributed by atoms with E-state index < -0.39 is 5.60 Å². The molecule has 2 atom stereocenters. The lowest BCUT2D eigenvalue weighted by Gasteiger charge is -1.94. The predicted octanol–water partition coefficient (Wildman–Crippen LogP) is 1.72. The molecule has 1 aliphatic rings. The van der Waals surface area contributed by atoms with E-state index in [1.54, 1.807) is 6.92 Å². The molecule has 1 aliphatic heterocycles. The molecule has 0 aliphatic carbocycles. The van der Waals surface area contributed by atoms with Crippen molar-refractivity contribution in [2.75, 3.05) is 0 Å². The van der Waals surface area contributed by atoms with Crippen molar-refractivity contribution < 1.29 is 9.53 Å². The van der Waals surface area contributed by atoms with Gasteiger partial charge in [0.05, 0.1) is 0 Å². The smallest absolute Gasteiger partial charge is 0.154 e. The fourth-order valence-electron chi connectivity index (χ4n) is 1.34. The highest BCUT2D eigenvalue weighted by molar-refractivity contribution is 5.68. The first kappa shape index (κ1) is 7.50. The zero-order valence-electron chi connectivity index (χ0n) is 6.86. The molecule has 0 spiro atoms. The summed E-state index contributed by atoms with van der Waals surface area (Å²) in [5.41, 5.74) is 0.508. The van der Waals surface area contributed by atoms with Gasteiger partial charge in [-0.05, 0) is 12.5 Å². The van der Waals surface area contributed by atoms with E-state index in [9.17, 15) is 4.79 Å². The number of hydrogen-bond acceptors (Lipinski definition) is 2. The lowest BCUT2D eigenvalue weighted by Crippen LogP contribution is -2.06. The molecule has 1 aromatic rings. The molecule has 62 valence electrons. The Bertz CT molecular complexity index is 294. The molecule has 12 heavy (non-hydrogen) atoms. The summed E-state index contributed by atoms with van der Waals surface area (Å²) < 4.78 is 5.27. The van der Waals surface area contributed by atoms with Gasteiger partial charge in [0.1, 0.15) is 6.10 Å². The quantitative estimate of drug-likeness (QED) is 0.489. The molecule has 0 amide bonds. The fourth-order valence-corrected chi connectivity index (χ4v) is 1.34. The highest BCUT2D eigenvalue weighted by Gasteiger charge is 2.53. The number of aldehydes is 1. The summed E-state index contributed by atoms with van der Waals surface area (Å²) in [7, 11) is 0. The van der Waals surface area contributed by atoms with Crippen LogP contribution < -0.4 is 0 Å². The number of epoxide rings is 1. The monoisotopic (exact) mass is 162 g/mol. The van der Waals surface area contributed by atoms with E-state index in [0.29, 0.717) is 0 Å². The van der Waals surface area contributed by atoms with Crippen LogP contribution in [-0.4, -0.2) is 11.9 Å². The fraction of sp³-hybridized carbons (Fsp3) is 0.300. The van der Waals surface area contributed by atoms with Gasteiger partial charge in [-0.15, -0.1) is 0 Å². The van der Waals surface area contributed by atoms with Crippen molar-refractivity contribution in [3.8, 4) is 0 Å². The Morgan fingerprint density at radius 2 is 2.08 bits per heavy atom. The molecule has 2 nitrogen and oxygen atoms in total. The summed E-state index contributed by atoms with van der Waals surface area (Å²) in [6.07, 6.45) is 0.834. The molecule has 0 saturated carbocycles. The van der Waals surface area contributed by atoms with Gasteiger partial charge in [0.15, 0.2) is 11.9 Å². The topological polar surface area (TPSA) is 29.6 Å². The first-order chi connectivity index (χ1) is 5.76. The van der Waals surface area contributed by atoms with Gasteiger partial charge in [0.25, 0.3) is 0 Å². The summed E-state index contributed by atoms with van der Waals surface area (Å²) in [5.74, 6) is 0. The van der Waals surface area contributed by atoms with E-state index in [4.69, 9.17) is 4.74 Å². The third-order valence-electron chi connectivity index (χ3n) is 2.17. The Hall–Kier alpha value is -1.15. The minimum Gasteiger partial charge on any atom is -0.353 e. The van der Waals surface area contributed by atoms with Crippen molar-refractivity contribution in [1.82, 2.24) is 0 Å². The van der Waals surface area contributed by atoms with Crippen molar-refractivity contribution in [3.63, 3.8) is 0 Å². The summed E-state index contributed by atoms with van der Waals surface area (Å²) in [6, 6.07) is 9.79. The maximum absolute atomic E-state index is 10.5. The normalized spacial score (nSPS) is 32.9. The summed E-state index contributed by atoms with van der Waals surface area (Å²) >= 11 is 0. The number of hydrogen-bond donors (Lipinski definition) is 0. The van der Waals surface area contributed by atoms with Gasteiger partial charge >= 0.3 is 0 Å². The van der Waals surface area contributed by atoms with Crippen LogP contribution in [0.4, 0.5) is 0 Å². The summed E-state index contributed by atoms with van der Waals surface area (Å²) in [6.45, 7) is 1.80. The van der Waals surface area contributed by atoms with Crippen LogP contribution in [0.5, 0.6) is 0 Å². The van der Waals surface area contributed by atoms with Gasteiger partial charge < -0.3 is 9.53 Å². The molecule has 2 heteroatoms. The highest BCUT2D eigenvalue weighted by atomic mass is 16.6. The minimum absolute atomic E-state index is 0.0313. The Labute approximate surface area is 71.2 Å². The standard InChI is InChI=1S/C10H10O2/c1-10(7-11)9(12-10)8-5-3-2-4-6-8/h2-7,9H,1H3/t9-,10+/m0/s1. The van der Waals surface area contributed by atoms with Gasteiger partial charge in [-0.2, -0.15) is 0 Å². The van der Waals surface area contributed by atoms with Crippen LogP contribution in [0, 0.1) is 0 Å². The molecule has 2 rings (SSSR count). The van der Waals surface area contributed by atoms with E-state index >= 15 is 0 Å². The summed E-state index contributed by atoms with van der Waals surface area (Å²) in [4.78, 5) is 10.5. The van der Waals surface area contributed by atoms with Gasteiger partial charge in [0.2, 0.25) is 0 Å². The van der Waals surface area contributed by atoms with E-state index in [1.165, 1.54) is 0 Å². The minimum atomic E-state index is -0.568. The second-order valence-electron chi connectivity index (χ2n) is 3.21. The van der Waals surface area contributed by atoms with Crippen molar-refractivity contribution in [2.24, 2.45) is 0 Å². The Morgan fingerprint density at radius 1 is 1.42 bits per heavy atom. The number of carbonyl (C=O) groups excluding carboxylic acids is 1. The molecule has 1 heterocycles. The van der Waals surface area contributed by atoms with Gasteiger partial charge in [-0.3, -0.25) is 0 Å². The SMILES string of the molecule is C[C@]1(C=O)O[C@H]1c1ccccc1. The number of carbonyl (C=O) groups is 1. The largest absolute Gasteiger partial charge is 0.353 e. The van der Waals surface area contributed by atoms with Crippen molar-refractivity contribution in [2.45, 2.75) is 18.6 Å². The van der Waals surface area contributed by atoms with Crippen molar-refractivity contribution in [3.05, 3.63) is 35.9 Å². The van der Waals surface area contributed by atoms with Crippen LogP contribution in [0.3, 0.4) is 0 Å². The molecular weight excluding hydrogens is 152 g/mol. The third-order valence-corrected chi connectivity index (χ3v) is 2.17. The van der Waals surface area contributed by atoms with Crippen LogP contribution in [0.15, 0.2) is 30.3 Å². The average molecular weight is 162 g/mol. The van der Waals surface area contributed by atoms with E-state index in [0.717, 1.165) is 11.8 Å². The number of benzene rings is 1. The molecule has 1 aromatic carbocycles. The van der Waals surface area contributed by atoms with Crippen molar-refractivity contribution >= 4 is 6.29 Å². The van der Waals surface area contributed by atoms with Gasteiger partial charge in [-0.1, -0.05) is 30.3 Å². The van der Waals surface area contributed by atoms with E-state index in [2.05, 4.69) is 0 Å². The molecule has 0 N–H and O–H groups in total. The Morgan fingerprint density at radius 3 is 2.58 bits per heavy atom. The van der Waals surface area contributed by atoms with E-state index in [1.807, 2.05) is 30.3 Å². The maximum Gasteiger partial charge on any atom is 0.154 e. The molecule has 0 bridgehead atoms. The van der Waals surface area contributed by atoms with Crippen LogP contribution in [0.2, 0.25) is 0 Å². The lowest BCUT2D eigenvalue weighted by atomic mass is 10.0. The molecule has 0 aromatic heterocycles. The molecule has 1 fully saturated rings. The Kier molecular flexibility index (Phi) is 1.51. The van der Waals surface area contributed by atoms with Crippen LogP contribution in [-0.2, 0) is 9.53 Å². The second-order valence-corrected chi connectivity index (χ2v) is 3.21. The third kappa shape index (κ3) is 1.04. The number of ether oxygens (including phenoxy) is 1. The second kappa shape index (κ2) is 2.42. The molecule has 0 unspecified atom stereocenters. The van der Waals surface area contributed by atoms with Crippen LogP contribution in [0.1, 0.15) is 18.6 Å².